The van der Waals surface area contributed by atoms with Crippen LogP contribution in [0.4, 0.5) is 11.6 Å². The maximum absolute atomic E-state index is 13.6. The van der Waals surface area contributed by atoms with Crippen LogP contribution in [0.5, 0.6) is 11.5 Å². The molecule has 35 heavy (non-hydrogen) atoms. The van der Waals surface area contributed by atoms with Gasteiger partial charge in [-0.2, -0.15) is 4.98 Å². The zero-order valence-corrected chi connectivity index (χ0v) is 19.4. The number of nitrogens with zero attached hydrogens (tertiary/aromatic N) is 5. The first-order valence-electron chi connectivity index (χ1n) is 10.9. The van der Waals surface area contributed by atoms with Crippen molar-refractivity contribution >= 4 is 17.5 Å². The van der Waals surface area contributed by atoms with E-state index in [-0.39, 0.29) is 5.91 Å². The molecular formula is C25H23N7O3. The Labute approximate surface area is 201 Å². The largest absolute Gasteiger partial charge is 0.493 e. The molecule has 10 heteroatoms. The van der Waals surface area contributed by atoms with Gasteiger partial charge in [0.15, 0.2) is 17.3 Å². The van der Waals surface area contributed by atoms with E-state index in [0.29, 0.717) is 40.2 Å². The lowest BCUT2D eigenvalue weighted by Gasteiger charge is -2.29. The Bertz CT molecular complexity index is 1400. The maximum atomic E-state index is 13.6. The molecular weight excluding hydrogens is 446 g/mol. The number of fused-ring (bicyclic) bond motifs is 1. The molecule has 1 atom stereocenters. The smallest absolute Gasteiger partial charge is 0.255 e. The maximum Gasteiger partial charge on any atom is 0.255 e. The molecule has 0 radical (unpaired) electrons. The summed E-state index contributed by atoms with van der Waals surface area (Å²) < 4.78 is 12.6. The predicted molar refractivity (Wildman–Crippen MR) is 130 cm³/mol. The number of anilines is 2. The molecule has 0 spiro atoms. The third-order valence-corrected chi connectivity index (χ3v) is 5.68. The molecule has 1 unspecified atom stereocenters. The summed E-state index contributed by atoms with van der Waals surface area (Å²) in [6, 6.07) is 12.2. The molecule has 10 nitrogen and oxygen atoms in total. The second-order valence-corrected chi connectivity index (χ2v) is 7.82. The van der Waals surface area contributed by atoms with Crippen LogP contribution in [-0.2, 0) is 4.79 Å². The number of amides is 1. The van der Waals surface area contributed by atoms with Crippen molar-refractivity contribution in [1.82, 2.24) is 24.7 Å². The highest BCUT2D eigenvalue weighted by molar-refractivity contribution is 6.06. The molecule has 5 rings (SSSR count). The zero-order chi connectivity index (χ0) is 24.4. The van der Waals surface area contributed by atoms with Gasteiger partial charge in [0, 0.05) is 29.9 Å². The van der Waals surface area contributed by atoms with Crippen LogP contribution in [0, 0.1) is 0 Å². The van der Waals surface area contributed by atoms with Gasteiger partial charge in [-0.05, 0) is 48.9 Å². The van der Waals surface area contributed by atoms with Gasteiger partial charge in [-0.25, -0.2) is 4.68 Å². The van der Waals surface area contributed by atoms with E-state index in [0.717, 1.165) is 11.1 Å². The number of carbonyl (C=O) groups excluding carboxylic acids is 1. The van der Waals surface area contributed by atoms with Gasteiger partial charge in [-0.15, -0.1) is 5.10 Å². The summed E-state index contributed by atoms with van der Waals surface area (Å²) in [7, 11) is 3.15. The first kappa shape index (κ1) is 22.1. The molecule has 0 fully saturated rings. The molecule has 0 saturated heterocycles. The summed E-state index contributed by atoms with van der Waals surface area (Å²) in [5, 5.41) is 10.9. The SMILES string of the molecule is COc1ccc(C2C(C(=O)Nc3cccnc3)=C(C)Nc3nc(-c4ccncc4)nn32)cc1OC. The van der Waals surface area contributed by atoms with Crippen molar-refractivity contribution < 1.29 is 14.3 Å². The van der Waals surface area contributed by atoms with Crippen molar-refractivity contribution in [3.63, 3.8) is 0 Å². The van der Waals surface area contributed by atoms with Crippen molar-refractivity contribution in [2.24, 2.45) is 0 Å². The van der Waals surface area contributed by atoms with Gasteiger partial charge in [0.2, 0.25) is 5.95 Å². The molecule has 176 valence electrons. The molecule has 4 heterocycles. The summed E-state index contributed by atoms with van der Waals surface area (Å²) in [6.45, 7) is 1.84. The minimum Gasteiger partial charge on any atom is -0.493 e. The molecule has 2 N–H and O–H groups in total. The summed E-state index contributed by atoms with van der Waals surface area (Å²) in [5.74, 6) is 1.89. The predicted octanol–water partition coefficient (Wildman–Crippen LogP) is 3.68. The second-order valence-electron chi connectivity index (χ2n) is 7.82. The lowest BCUT2D eigenvalue weighted by atomic mass is 9.94. The third-order valence-electron chi connectivity index (χ3n) is 5.68. The van der Waals surface area contributed by atoms with Gasteiger partial charge in [-0.1, -0.05) is 6.07 Å². The van der Waals surface area contributed by atoms with Gasteiger partial charge in [0.25, 0.3) is 5.91 Å². The third kappa shape index (κ3) is 4.17. The number of carbonyl (C=O) groups is 1. The van der Waals surface area contributed by atoms with Crippen LogP contribution >= 0.6 is 0 Å². The van der Waals surface area contributed by atoms with Crippen molar-refractivity contribution in [1.29, 1.82) is 0 Å². The van der Waals surface area contributed by atoms with E-state index in [1.54, 1.807) is 55.8 Å². The summed E-state index contributed by atoms with van der Waals surface area (Å²) in [6.07, 6.45) is 6.62. The highest BCUT2D eigenvalue weighted by Crippen LogP contribution is 2.39. The van der Waals surface area contributed by atoms with Crippen LogP contribution in [0.3, 0.4) is 0 Å². The van der Waals surface area contributed by atoms with Gasteiger partial charge in [0.1, 0.15) is 6.04 Å². The molecule has 1 aromatic carbocycles. The Morgan fingerprint density at radius 1 is 1.03 bits per heavy atom. The summed E-state index contributed by atoms with van der Waals surface area (Å²) >= 11 is 0. The quantitative estimate of drug-likeness (QED) is 0.439. The molecule has 1 aliphatic heterocycles. The normalized spacial score (nSPS) is 14.7. The lowest BCUT2D eigenvalue weighted by Crippen LogP contribution is -2.31. The van der Waals surface area contributed by atoms with E-state index in [1.165, 1.54) is 0 Å². The van der Waals surface area contributed by atoms with E-state index in [1.807, 2.05) is 37.3 Å². The van der Waals surface area contributed by atoms with Crippen LogP contribution in [0.15, 0.2) is 78.5 Å². The van der Waals surface area contributed by atoms with Gasteiger partial charge >= 0.3 is 0 Å². The van der Waals surface area contributed by atoms with Gasteiger partial charge in [-0.3, -0.25) is 14.8 Å². The molecule has 1 aliphatic rings. The minimum atomic E-state index is -0.578. The first-order chi connectivity index (χ1) is 17.1. The summed E-state index contributed by atoms with van der Waals surface area (Å²) in [5.41, 5.74) is 3.33. The molecule has 0 saturated carbocycles. The first-order valence-corrected chi connectivity index (χ1v) is 10.9. The highest BCUT2D eigenvalue weighted by atomic mass is 16.5. The van der Waals surface area contributed by atoms with Gasteiger partial charge < -0.3 is 20.1 Å². The number of allylic oxidation sites excluding steroid dienone is 1. The number of aromatic nitrogens is 5. The van der Waals surface area contributed by atoms with Crippen molar-refractivity contribution in [2.75, 3.05) is 24.9 Å². The molecule has 0 aliphatic carbocycles. The fourth-order valence-electron chi connectivity index (χ4n) is 4.03. The van der Waals surface area contributed by atoms with E-state index in [9.17, 15) is 4.79 Å². The minimum absolute atomic E-state index is 0.283. The number of benzene rings is 1. The number of nitrogens with one attached hydrogen (secondary N) is 2. The Morgan fingerprint density at radius 3 is 2.54 bits per heavy atom. The average Bonchev–Trinajstić information content (AvgIpc) is 3.32. The van der Waals surface area contributed by atoms with E-state index < -0.39 is 6.04 Å². The average molecular weight is 470 g/mol. The molecule has 4 aromatic rings. The van der Waals surface area contributed by atoms with E-state index in [4.69, 9.17) is 14.6 Å². The van der Waals surface area contributed by atoms with E-state index >= 15 is 0 Å². The number of rotatable bonds is 6. The van der Waals surface area contributed by atoms with Crippen molar-refractivity contribution in [3.05, 3.63) is 84.1 Å². The van der Waals surface area contributed by atoms with E-state index in [2.05, 4.69) is 25.6 Å². The Kier molecular flexibility index (Phi) is 5.84. The van der Waals surface area contributed by atoms with Crippen LogP contribution in [0.1, 0.15) is 18.5 Å². The van der Waals surface area contributed by atoms with Crippen LogP contribution in [0.2, 0.25) is 0 Å². The number of hydrogen-bond donors (Lipinski definition) is 2. The number of ether oxygens (including phenoxy) is 2. The Balaban J connectivity index is 1.63. The van der Waals surface area contributed by atoms with Crippen molar-refractivity contribution in [2.45, 2.75) is 13.0 Å². The fraction of sp³-hybridized carbons (Fsp3) is 0.160. The molecule has 3 aromatic heterocycles. The fourth-order valence-corrected chi connectivity index (χ4v) is 4.03. The van der Waals surface area contributed by atoms with Crippen LogP contribution < -0.4 is 20.1 Å². The number of methoxy groups -OCH3 is 2. The highest BCUT2D eigenvalue weighted by Gasteiger charge is 2.35. The lowest BCUT2D eigenvalue weighted by molar-refractivity contribution is -0.113. The Morgan fingerprint density at radius 2 is 1.83 bits per heavy atom. The van der Waals surface area contributed by atoms with Crippen molar-refractivity contribution in [3.8, 4) is 22.9 Å². The summed E-state index contributed by atoms with van der Waals surface area (Å²) in [4.78, 5) is 26.4. The van der Waals surface area contributed by atoms with Crippen LogP contribution in [-0.4, -0.2) is 44.9 Å². The van der Waals surface area contributed by atoms with Crippen LogP contribution in [0.25, 0.3) is 11.4 Å². The number of pyridine rings is 2. The Hall–Kier alpha value is -4.73. The zero-order valence-electron chi connectivity index (χ0n) is 19.4. The second kappa shape index (κ2) is 9.26. The van der Waals surface area contributed by atoms with Gasteiger partial charge in [0.05, 0.1) is 31.7 Å². The molecule has 0 bridgehead atoms. The standard InChI is InChI=1S/C25H23N7O3/c1-15-21(24(33)29-18-5-4-10-27-14-18)22(17-6-7-19(34-2)20(13-17)35-3)32-25(28-15)30-23(31-32)16-8-11-26-12-9-16/h4-14,22H,1-3H3,(H,29,33)(H,28,30,31). The number of hydrogen-bond acceptors (Lipinski definition) is 8. The topological polar surface area (TPSA) is 116 Å². The molecule has 1 amide bonds. The monoisotopic (exact) mass is 469 g/mol.